The highest BCUT2D eigenvalue weighted by atomic mass is 19.1. The van der Waals surface area contributed by atoms with Crippen molar-refractivity contribution < 1.29 is 13.6 Å². The molecule has 1 saturated heterocycles. The van der Waals surface area contributed by atoms with Gasteiger partial charge in [-0.2, -0.15) is 0 Å². The quantitative estimate of drug-likeness (QED) is 0.432. The van der Waals surface area contributed by atoms with E-state index in [0.717, 1.165) is 4.57 Å². The minimum atomic E-state index is -0.610. The van der Waals surface area contributed by atoms with Gasteiger partial charge in [0.15, 0.2) is 0 Å². The van der Waals surface area contributed by atoms with Gasteiger partial charge in [0.25, 0.3) is 5.56 Å². The van der Waals surface area contributed by atoms with Crippen LogP contribution in [0.5, 0.6) is 0 Å². The van der Waals surface area contributed by atoms with Crippen LogP contribution in [0.25, 0.3) is 10.9 Å². The van der Waals surface area contributed by atoms with E-state index in [-0.39, 0.29) is 24.8 Å². The number of anilines is 1. The topological polar surface area (TPSA) is 67.5 Å². The van der Waals surface area contributed by atoms with Crippen LogP contribution in [-0.2, 0) is 17.9 Å². The zero-order chi connectivity index (χ0) is 25.2. The van der Waals surface area contributed by atoms with Crippen LogP contribution in [0.15, 0.2) is 82.4 Å². The van der Waals surface area contributed by atoms with Gasteiger partial charge in [-0.05, 0) is 42.0 Å². The van der Waals surface area contributed by atoms with Crippen LogP contribution in [0.2, 0.25) is 0 Å². The van der Waals surface area contributed by atoms with Gasteiger partial charge in [0.2, 0.25) is 5.91 Å². The van der Waals surface area contributed by atoms with E-state index in [0.29, 0.717) is 48.3 Å². The Morgan fingerprint density at radius 2 is 1.44 bits per heavy atom. The van der Waals surface area contributed by atoms with E-state index in [4.69, 9.17) is 0 Å². The average molecular weight is 491 g/mol. The Labute approximate surface area is 205 Å². The summed E-state index contributed by atoms with van der Waals surface area (Å²) in [5.41, 5.74) is 0.386. The molecule has 4 aromatic rings. The summed E-state index contributed by atoms with van der Waals surface area (Å²) in [5, 5.41) is 0.316. The van der Waals surface area contributed by atoms with E-state index >= 15 is 0 Å². The average Bonchev–Trinajstić information content (AvgIpc) is 2.90. The van der Waals surface area contributed by atoms with Gasteiger partial charge in [-0.15, -0.1) is 0 Å². The van der Waals surface area contributed by atoms with Crippen LogP contribution in [-0.4, -0.2) is 46.1 Å². The molecule has 0 radical (unpaired) electrons. The molecule has 1 amide bonds. The third-order valence-electron chi connectivity index (χ3n) is 6.51. The van der Waals surface area contributed by atoms with Gasteiger partial charge in [-0.1, -0.05) is 36.4 Å². The molecule has 0 atom stereocenters. The molecule has 1 aliphatic heterocycles. The van der Waals surface area contributed by atoms with Gasteiger partial charge in [0, 0.05) is 26.2 Å². The lowest BCUT2D eigenvalue weighted by molar-refractivity contribution is -0.132. The second-order valence-electron chi connectivity index (χ2n) is 8.72. The molecule has 0 saturated carbocycles. The molecule has 1 aromatic heterocycles. The molecule has 184 valence electrons. The zero-order valence-electron chi connectivity index (χ0n) is 19.4. The number of para-hydroxylation sites is 2. The predicted molar refractivity (Wildman–Crippen MR) is 133 cm³/mol. The summed E-state index contributed by atoms with van der Waals surface area (Å²) >= 11 is 0. The number of amides is 1. The number of rotatable bonds is 5. The summed E-state index contributed by atoms with van der Waals surface area (Å²) in [6.45, 7) is 1.42. The minimum absolute atomic E-state index is 0.0434. The van der Waals surface area contributed by atoms with Crippen LogP contribution in [0.4, 0.5) is 14.5 Å². The Morgan fingerprint density at radius 1 is 0.778 bits per heavy atom. The fourth-order valence-corrected chi connectivity index (χ4v) is 4.58. The first-order valence-electron chi connectivity index (χ1n) is 11.7. The van der Waals surface area contributed by atoms with Crippen LogP contribution in [0.3, 0.4) is 0 Å². The fraction of sp³-hybridized carbons (Fsp3) is 0.222. The van der Waals surface area contributed by atoms with Crippen molar-refractivity contribution in [3.8, 4) is 0 Å². The number of fused-ring (bicyclic) bond motifs is 1. The number of carbonyl (C=O) groups excluding carboxylic acids is 1. The largest absolute Gasteiger partial charge is 0.366 e. The summed E-state index contributed by atoms with van der Waals surface area (Å²) in [6.07, 6.45) is 0. The third kappa shape index (κ3) is 4.51. The summed E-state index contributed by atoms with van der Waals surface area (Å²) in [6, 6.07) is 18.8. The molecule has 1 aliphatic rings. The van der Waals surface area contributed by atoms with Crippen molar-refractivity contribution in [3.63, 3.8) is 0 Å². The van der Waals surface area contributed by atoms with Gasteiger partial charge in [0.05, 0.1) is 23.1 Å². The molecule has 0 aliphatic carbocycles. The summed E-state index contributed by atoms with van der Waals surface area (Å²) < 4.78 is 29.8. The van der Waals surface area contributed by atoms with Crippen LogP contribution < -0.4 is 16.1 Å². The molecule has 2 heterocycles. The number of aromatic nitrogens is 2. The van der Waals surface area contributed by atoms with Crippen molar-refractivity contribution in [2.24, 2.45) is 0 Å². The fourth-order valence-electron chi connectivity index (χ4n) is 4.58. The van der Waals surface area contributed by atoms with E-state index in [1.54, 1.807) is 47.4 Å². The predicted octanol–water partition coefficient (Wildman–Crippen LogP) is 2.84. The lowest BCUT2D eigenvalue weighted by atomic mass is 10.2. The molecule has 0 N–H and O–H groups in total. The summed E-state index contributed by atoms with van der Waals surface area (Å²) in [4.78, 5) is 43.3. The molecule has 7 nitrogen and oxygen atoms in total. The highest BCUT2D eigenvalue weighted by Crippen LogP contribution is 2.20. The van der Waals surface area contributed by atoms with E-state index in [1.165, 1.54) is 34.9 Å². The molecule has 0 spiro atoms. The van der Waals surface area contributed by atoms with Gasteiger partial charge in [-0.3, -0.25) is 18.7 Å². The van der Waals surface area contributed by atoms with Gasteiger partial charge >= 0.3 is 5.69 Å². The Bertz CT molecular complexity index is 1540. The van der Waals surface area contributed by atoms with E-state index < -0.39 is 17.1 Å². The molecule has 9 heteroatoms. The molecule has 1 fully saturated rings. The number of hydrogen-bond acceptors (Lipinski definition) is 4. The van der Waals surface area contributed by atoms with Crippen LogP contribution in [0.1, 0.15) is 5.56 Å². The van der Waals surface area contributed by atoms with Gasteiger partial charge in [-0.25, -0.2) is 13.6 Å². The number of carbonyl (C=O) groups is 1. The van der Waals surface area contributed by atoms with Crippen molar-refractivity contribution in [1.29, 1.82) is 0 Å². The first-order valence-corrected chi connectivity index (χ1v) is 11.7. The van der Waals surface area contributed by atoms with Gasteiger partial charge < -0.3 is 9.80 Å². The third-order valence-corrected chi connectivity index (χ3v) is 6.51. The van der Waals surface area contributed by atoms with Crippen molar-refractivity contribution in [2.45, 2.75) is 13.1 Å². The SMILES string of the molecule is O=C(Cn1c(=O)n(Cc2ccc(F)cc2)c(=O)c2ccccc21)N1CCN(c2ccccc2F)CC1. The van der Waals surface area contributed by atoms with E-state index in [2.05, 4.69) is 0 Å². The smallest absolute Gasteiger partial charge is 0.332 e. The van der Waals surface area contributed by atoms with Crippen molar-refractivity contribution >= 4 is 22.5 Å². The van der Waals surface area contributed by atoms with Crippen molar-refractivity contribution in [2.75, 3.05) is 31.1 Å². The maximum absolute atomic E-state index is 14.1. The number of benzene rings is 3. The van der Waals surface area contributed by atoms with E-state index in [9.17, 15) is 23.2 Å². The van der Waals surface area contributed by atoms with Gasteiger partial charge in [0.1, 0.15) is 18.2 Å². The Kier molecular flexibility index (Phi) is 6.37. The zero-order valence-corrected chi connectivity index (χ0v) is 19.4. The molecule has 3 aromatic carbocycles. The molecular weight excluding hydrogens is 466 g/mol. The first-order chi connectivity index (χ1) is 17.4. The number of piperazine rings is 1. The molecule has 0 bridgehead atoms. The lowest BCUT2D eigenvalue weighted by Crippen LogP contribution is -2.51. The standard InChI is InChI=1S/C27H24F2N4O3/c28-20-11-9-19(10-12-20)17-33-26(35)21-5-1-3-7-23(21)32(27(33)36)18-25(34)31-15-13-30(14-16-31)24-8-4-2-6-22(24)29/h1-12H,13-18H2. The molecule has 0 unspecified atom stereocenters. The Morgan fingerprint density at radius 3 is 2.17 bits per heavy atom. The monoisotopic (exact) mass is 490 g/mol. The maximum atomic E-state index is 14.1. The number of nitrogens with zero attached hydrogens (tertiary/aromatic N) is 4. The highest BCUT2D eigenvalue weighted by molar-refractivity contribution is 5.82. The minimum Gasteiger partial charge on any atom is -0.366 e. The van der Waals surface area contributed by atoms with E-state index in [1.807, 2.05) is 4.90 Å². The van der Waals surface area contributed by atoms with Crippen molar-refractivity contribution in [1.82, 2.24) is 14.0 Å². The van der Waals surface area contributed by atoms with Crippen LogP contribution >= 0.6 is 0 Å². The van der Waals surface area contributed by atoms with Crippen LogP contribution in [0, 0.1) is 11.6 Å². The Hall–Kier alpha value is -4.27. The highest BCUT2D eigenvalue weighted by Gasteiger charge is 2.24. The number of halogens is 2. The second kappa shape index (κ2) is 9.77. The molecule has 36 heavy (non-hydrogen) atoms. The second-order valence-corrected chi connectivity index (χ2v) is 8.72. The molecule has 5 rings (SSSR count). The maximum Gasteiger partial charge on any atom is 0.332 e. The summed E-state index contributed by atoms with van der Waals surface area (Å²) in [5.74, 6) is -0.983. The summed E-state index contributed by atoms with van der Waals surface area (Å²) in [7, 11) is 0. The first kappa shape index (κ1) is 23.5. The number of hydrogen-bond donors (Lipinski definition) is 0. The Balaban J connectivity index is 1.41. The normalized spacial score (nSPS) is 13.8. The lowest BCUT2D eigenvalue weighted by Gasteiger charge is -2.36. The molecular formula is C27H24F2N4O3. The van der Waals surface area contributed by atoms with Crippen molar-refractivity contribution in [3.05, 3.63) is 111 Å².